The Hall–Kier alpha value is -2.70. The molecule has 3 aromatic rings. The van der Waals surface area contributed by atoms with Crippen molar-refractivity contribution in [2.75, 3.05) is 19.6 Å². The number of fused-ring (bicyclic) bond motifs is 1. The first-order chi connectivity index (χ1) is 13.3. The van der Waals surface area contributed by atoms with Gasteiger partial charge in [-0.1, -0.05) is 36.8 Å². The molecule has 2 heterocycles. The van der Waals surface area contributed by atoms with E-state index in [1.165, 1.54) is 36.9 Å². The fourth-order valence-electron chi connectivity index (χ4n) is 4.02. The SMILES string of the molecule is C#Cn1c(-c2ccc(N=C=S)cc2)c(CCN2CCCC2)c2ccccc21. The summed E-state index contributed by atoms with van der Waals surface area (Å²) in [7, 11) is 0. The number of nitrogens with zero attached hydrogens (tertiary/aromatic N) is 3. The van der Waals surface area contributed by atoms with Gasteiger partial charge in [0.25, 0.3) is 0 Å². The number of likely N-dealkylation sites (tertiary alicyclic amines) is 1. The molecule has 2 aromatic carbocycles. The number of benzene rings is 2. The maximum Gasteiger partial charge on any atom is 0.0740 e. The number of hydrogen-bond donors (Lipinski definition) is 0. The number of terminal acetylenes is 1. The van der Waals surface area contributed by atoms with Crippen LogP contribution in [0.25, 0.3) is 22.2 Å². The summed E-state index contributed by atoms with van der Waals surface area (Å²) < 4.78 is 1.98. The molecule has 1 aliphatic heterocycles. The summed E-state index contributed by atoms with van der Waals surface area (Å²) >= 11 is 4.70. The normalized spacial score (nSPS) is 14.2. The second-order valence-electron chi connectivity index (χ2n) is 6.86. The van der Waals surface area contributed by atoms with Crippen molar-refractivity contribution in [1.29, 1.82) is 0 Å². The van der Waals surface area contributed by atoms with Crippen LogP contribution in [0.1, 0.15) is 18.4 Å². The van der Waals surface area contributed by atoms with Crippen molar-refractivity contribution in [3.8, 4) is 23.7 Å². The molecule has 4 heteroatoms. The molecule has 1 saturated heterocycles. The average molecular weight is 372 g/mol. The summed E-state index contributed by atoms with van der Waals surface area (Å²) in [5.74, 6) is 0. The van der Waals surface area contributed by atoms with Gasteiger partial charge in [-0.05, 0) is 73.9 Å². The molecule has 0 bridgehead atoms. The van der Waals surface area contributed by atoms with Gasteiger partial charge in [-0.25, -0.2) is 0 Å². The lowest BCUT2D eigenvalue weighted by molar-refractivity contribution is 0.344. The second-order valence-corrected chi connectivity index (χ2v) is 7.04. The van der Waals surface area contributed by atoms with E-state index in [1.807, 2.05) is 22.8 Å². The lowest BCUT2D eigenvalue weighted by atomic mass is 10.0. The van der Waals surface area contributed by atoms with Crippen LogP contribution in [0.4, 0.5) is 5.69 Å². The standard InChI is InChI=1S/C23H21N3S/c1-2-26-22-8-4-3-7-20(22)21(13-16-25-14-5-6-15-25)23(26)18-9-11-19(12-10-18)24-17-27/h1,3-4,7-12H,5-6,13-16H2. The Morgan fingerprint density at radius 3 is 2.48 bits per heavy atom. The predicted octanol–water partition coefficient (Wildman–Crippen LogP) is 5.12. The number of aliphatic imine (C=N–C) groups is 1. The molecular weight excluding hydrogens is 350 g/mol. The van der Waals surface area contributed by atoms with Gasteiger partial charge < -0.3 is 4.90 Å². The summed E-state index contributed by atoms with van der Waals surface area (Å²) in [5.41, 5.74) is 5.42. The van der Waals surface area contributed by atoms with Crippen molar-refractivity contribution < 1.29 is 0 Å². The van der Waals surface area contributed by atoms with Crippen molar-refractivity contribution in [3.63, 3.8) is 0 Å². The summed E-state index contributed by atoms with van der Waals surface area (Å²) in [6.07, 6.45) is 9.53. The van der Waals surface area contributed by atoms with Gasteiger partial charge in [-0.15, -0.1) is 0 Å². The first-order valence-electron chi connectivity index (χ1n) is 9.31. The monoisotopic (exact) mass is 371 g/mol. The first-order valence-corrected chi connectivity index (χ1v) is 9.72. The average Bonchev–Trinajstić information content (AvgIpc) is 3.33. The van der Waals surface area contributed by atoms with Crippen LogP contribution in [-0.4, -0.2) is 34.3 Å². The van der Waals surface area contributed by atoms with E-state index in [0.29, 0.717) is 0 Å². The molecule has 0 spiro atoms. The van der Waals surface area contributed by atoms with E-state index in [9.17, 15) is 0 Å². The molecular formula is C23H21N3S. The van der Waals surface area contributed by atoms with Crippen molar-refractivity contribution in [2.24, 2.45) is 4.99 Å². The summed E-state index contributed by atoms with van der Waals surface area (Å²) in [6.45, 7) is 3.47. The predicted molar refractivity (Wildman–Crippen MR) is 116 cm³/mol. The minimum atomic E-state index is 0.802. The number of aromatic nitrogens is 1. The van der Waals surface area contributed by atoms with Crippen LogP contribution in [0, 0.1) is 12.5 Å². The molecule has 0 N–H and O–H groups in total. The molecule has 0 amide bonds. The highest BCUT2D eigenvalue weighted by Gasteiger charge is 2.19. The van der Waals surface area contributed by atoms with Gasteiger partial charge in [-0.3, -0.25) is 4.57 Å². The fraction of sp³-hybridized carbons (Fsp3) is 0.261. The Morgan fingerprint density at radius 1 is 1.04 bits per heavy atom. The third-order valence-electron chi connectivity index (χ3n) is 5.30. The molecule has 4 rings (SSSR count). The topological polar surface area (TPSA) is 20.5 Å². The maximum atomic E-state index is 5.92. The van der Waals surface area contributed by atoms with Gasteiger partial charge in [0, 0.05) is 18.0 Å². The van der Waals surface area contributed by atoms with Crippen LogP contribution in [0.2, 0.25) is 0 Å². The summed E-state index contributed by atoms with van der Waals surface area (Å²) in [5, 5.41) is 3.66. The first kappa shape index (κ1) is 17.7. The lowest BCUT2D eigenvalue weighted by Gasteiger charge is -2.15. The second kappa shape index (κ2) is 7.90. The van der Waals surface area contributed by atoms with Crippen LogP contribution >= 0.6 is 12.2 Å². The lowest BCUT2D eigenvalue weighted by Crippen LogP contribution is -2.22. The highest BCUT2D eigenvalue weighted by Crippen LogP contribution is 2.34. The Bertz CT molecular complexity index is 1040. The quantitative estimate of drug-likeness (QED) is 0.352. The van der Waals surface area contributed by atoms with Crippen LogP contribution in [0.5, 0.6) is 0 Å². The largest absolute Gasteiger partial charge is 0.303 e. The molecule has 27 heavy (non-hydrogen) atoms. The van der Waals surface area contributed by atoms with E-state index >= 15 is 0 Å². The molecule has 0 unspecified atom stereocenters. The van der Waals surface area contributed by atoms with Gasteiger partial charge >= 0.3 is 0 Å². The molecule has 0 radical (unpaired) electrons. The van der Waals surface area contributed by atoms with E-state index in [2.05, 4.69) is 51.4 Å². The molecule has 1 aromatic heterocycles. The number of isothiocyanates is 1. The maximum absolute atomic E-state index is 5.92. The Kier molecular flexibility index (Phi) is 5.18. The van der Waals surface area contributed by atoms with Gasteiger partial charge in [-0.2, -0.15) is 4.99 Å². The van der Waals surface area contributed by atoms with Crippen LogP contribution < -0.4 is 0 Å². The number of para-hydroxylation sites is 1. The molecule has 1 fully saturated rings. The molecule has 3 nitrogen and oxygen atoms in total. The van der Waals surface area contributed by atoms with Crippen molar-refractivity contribution in [3.05, 3.63) is 54.1 Å². The molecule has 0 atom stereocenters. The van der Waals surface area contributed by atoms with E-state index in [0.717, 1.165) is 35.4 Å². The summed E-state index contributed by atoms with van der Waals surface area (Å²) in [6, 6.07) is 19.3. The van der Waals surface area contributed by atoms with Gasteiger partial charge in [0.05, 0.1) is 22.1 Å². The van der Waals surface area contributed by atoms with Crippen molar-refractivity contribution in [2.45, 2.75) is 19.3 Å². The van der Waals surface area contributed by atoms with Gasteiger partial charge in [0.1, 0.15) is 0 Å². The zero-order valence-corrected chi connectivity index (χ0v) is 16.0. The number of rotatable bonds is 5. The summed E-state index contributed by atoms with van der Waals surface area (Å²) in [4.78, 5) is 6.59. The smallest absolute Gasteiger partial charge is 0.0740 e. The third kappa shape index (κ3) is 3.46. The molecule has 134 valence electrons. The number of thiocarbonyl (C=S) groups is 1. The molecule has 0 aliphatic carbocycles. The fourth-order valence-corrected chi connectivity index (χ4v) is 4.13. The van der Waals surface area contributed by atoms with E-state index in [1.54, 1.807) is 0 Å². The minimum absolute atomic E-state index is 0.802. The van der Waals surface area contributed by atoms with Crippen molar-refractivity contribution >= 4 is 34.0 Å². The van der Waals surface area contributed by atoms with Crippen LogP contribution in [0.15, 0.2) is 53.5 Å². The van der Waals surface area contributed by atoms with E-state index in [4.69, 9.17) is 18.6 Å². The van der Waals surface area contributed by atoms with E-state index in [-0.39, 0.29) is 0 Å². The third-order valence-corrected chi connectivity index (χ3v) is 5.39. The Balaban J connectivity index is 1.82. The highest BCUT2D eigenvalue weighted by atomic mass is 32.1. The molecule has 1 aliphatic rings. The molecule has 0 saturated carbocycles. The highest BCUT2D eigenvalue weighted by molar-refractivity contribution is 7.78. The Morgan fingerprint density at radius 2 is 1.78 bits per heavy atom. The minimum Gasteiger partial charge on any atom is -0.303 e. The zero-order chi connectivity index (χ0) is 18.6. The van der Waals surface area contributed by atoms with Crippen molar-refractivity contribution in [1.82, 2.24) is 9.47 Å². The zero-order valence-electron chi connectivity index (χ0n) is 15.2. The number of hydrogen-bond acceptors (Lipinski definition) is 3. The van der Waals surface area contributed by atoms with Gasteiger partial charge in [0.15, 0.2) is 0 Å². The van der Waals surface area contributed by atoms with Gasteiger partial charge in [0.2, 0.25) is 0 Å². The van der Waals surface area contributed by atoms with Crippen LogP contribution in [0.3, 0.4) is 0 Å². The van der Waals surface area contributed by atoms with E-state index < -0.39 is 0 Å². The van der Waals surface area contributed by atoms with Crippen LogP contribution in [-0.2, 0) is 6.42 Å². The Labute approximate surface area is 165 Å².